The van der Waals surface area contributed by atoms with Gasteiger partial charge in [0.15, 0.2) is 0 Å². The summed E-state index contributed by atoms with van der Waals surface area (Å²) in [6.45, 7) is 4.39. The van der Waals surface area contributed by atoms with E-state index in [9.17, 15) is 0 Å². The van der Waals surface area contributed by atoms with Gasteiger partial charge in [0, 0.05) is 0 Å². The van der Waals surface area contributed by atoms with Gasteiger partial charge in [0.25, 0.3) is 0 Å². The van der Waals surface area contributed by atoms with Crippen molar-refractivity contribution in [1.82, 2.24) is 5.32 Å². The average molecular weight is 167 g/mol. The summed E-state index contributed by atoms with van der Waals surface area (Å²) in [6.07, 6.45) is 11.7. The van der Waals surface area contributed by atoms with Gasteiger partial charge in [0.1, 0.15) is 0 Å². The van der Waals surface area contributed by atoms with Crippen molar-refractivity contribution >= 4 is 0 Å². The van der Waals surface area contributed by atoms with E-state index in [1.54, 1.807) is 0 Å². The Kier molecular flexibility index (Phi) is 5.09. The van der Waals surface area contributed by atoms with Crippen molar-refractivity contribution in [2.75, 3.05) is 13.1 Å². The molecule has 0 aromatic carbocycles. The van der Waals surface area contributed by atoms with E-state index in [1.165, 1.54) is 32.1 Å². The third-order valence-electron chi connectivity index (χ3n) is 2.55. The largest absolute Gasteiger partial charge is 0.317 e. The van der Waals surface area contributed by atoms with Crippen LogP contribution in [0.1, 0.15) is 39.0 Å². The molecule has 1 saturated carbocycles. The Morgan fingerprint density at radius 2 is 2.08 bits per heavy atom. The Labute approximate surface area is 76.2 Å². The van der Waals surface area contributed by atoms with E-state index in [-0.39, 0.29) is 0 Å². The van der Waals surface area contributed by atoms with Gasteiger partial charge in [-0.2, -0.15) is 0 Å². The summed E-state index contributed by atoms with van der Waals surface area (Å²) in [5.41, 5.74) is 0. The standard InChI is InChI=1S/C11H21N/c1-2-12-10-6-5-9-11-7-3-4-8-11/h5,9,11-12H,2-4,6-8,10H2,1H3. The molecule has 0 aliphatic heterocycles. The Bertz CT molecular complexity index is 123. The number of allylic oxidation sites excluding steroid dienone is 1. The molecule has 0 atom stereocenters. The van der Waals surface area contributed by atoms with Gasteiger partial charge in [-0.3, -0.25) is 0 Å². The fourth-order valence-electron chi connectivity index (χ4n) is 1.80. The van der Waals surface area contributed by atoms with Crippen LogP contribution in [0.3, 0.4) is 0 Å². The topological polar surface area (TPSA) is 12.0 Å². The zero-order valence-electron chi connectivity index (χ0n) is 8.18. The Hall–Kier alpha value is -0.300. The maximum Gasteiger partial charge on any atom is -0.00144 e. The molecular formula is C11H21N. The molecule has 0 bridgehead atoms. The van der Waals surface area contributed by atoms with Crippen LogP contribution in [-0.4, -0.2) is 13.1 Å². The van der Waals surface area contributed by atoms with Gasteiger partial charge in [-0.25, -0.2) is 0 Å². The molecule has 0 heterocycles. The lowest BCUT2D eigenvalue weighted by Gasteiger charge is -2.00. The van der Waals surface area contributed by atoms with Crippen LogP contribution in [0.25, 0.3) is 0 Å². The van der Waals surface area contributed by atoms with Crippen LogP contribution in [0.4, 0.5) is 0 Å². The zero-order valence-corrected chi connectivity index (χ0v) is 8.18. The van der Waals surface area contributed by atoms with E-state index in [1.807, 2.05) is 0 Å². The minimum Gasteiger partial charge on any atom is -0.317 e. The molecule has 1 aliphatic rings. The minimum atomic E-state index is 0.909. The Balaban J connectivity index is 1.97. The first kappa shape index (κ1) is 9.79. The third kappa shape index (κ3) is 3.91. The monoisotopic (exact) mass is 167 g/mol. The van der Waals surface area contributed by atoms with Gasteiger partial charge in [-0.15, -0.1) is 0 Å². The summed E-state index contributed by atoms with van der Waals surface area (Å²) in [6, 6.07) is 0. The van der Waals surface area contributed by atoms with Crippen molar-refractivity contribution in [3.05, 3.63) is 12.2 Å². The van der Waals surface area contributed by atoms with E-state index in [2.05, 4.69) is 24.4 Å². The molecule has 0 saturated heterocycles. The lowest BCUT2D eigenvalue weighted by molar-refractivity contribution is 0.676. The SMILES string of the molecule is CCNCCC=CC1CCCC1. The van der Waals surface area contributed by atoms with Crippen molar-refractivity contribution < 1.29 is 0 Å². The first-order chi connectivity index (χ1) is 5.93. The highest BCUT2D eigenvalue weighted by atomic mass is 14.8. The summed E-state index contributed by atoms with van der Waals surface area (Å²) in [7, 11) is 0. The van der Waals surface area contributed by atoms with Gasteiger partial charge >= 0.3 is 0 Å². The molecular weight excluding hydrogens is 146 g/mol. The Morgan fingerprint density at radius 1 is 1.33 bits per heavy atom. The molecule has 0 spiro atoms. The first-order valence-electron chi connectivity index (χ1n) is 5.31. The van der Waals surface area contributed by atoms with Crippen LogP contribution < -0.4 is 5.32 Å². The molecule has 0 aromatic rings. The average Bonchev–Trinajstić information content (AvgIpc) is 2.57. The van der Waals surface area contributed by atoms with Crippen LogP contribution in [0.2, 0.25) is 0 Å². The van der Waals surface area contributed by atoms with Crippen LogP contribution in [0, 0.1) is 5.92 Å². The highest BCUT2D eigenvalue weighted by Gasteiger charge is 2.10. The molecule has 12 heavy (non-hydrogen) atoms. The predicted molar refractivity (Wildman–Crippen MR) is 54.3 cm³/mol. The van der Waals surface area contributed by atoms with E-state index < -0.39 is 0 Å². The molecule has 1 aliphatic carbocycles. The molecule has 0 aromatic heterocycles. The molecule has 0 radical (unpaired) electrons. The number of rotatable bonds is 5. The number of hydrogen-bond donors (Lipinski definition) is 1. The summed E-state index contributed by atoms with van der Waals surface area (Å²) in [5.74, 6) is 0.909. The lowest BCUT2D eigenvalue weighted by Crippen LogP contribution is -2.12. The lowest BCUT2D eigenvalue weighted by atomic mass is 10.1. The molecule has 1 rings (SSSR count). The molecule has 1 N–H and O–H groups in total. The van der Waals surface area contributed by atoms with Crippen LogP contribution in [0.15, 0.2) is 12.2 Å². The smallest absolute Gasteiger partial charge is 0.00144 e. The van der Waals surface area contributed by atoms with E-state index in [0.29, 0.717) is 0 Å². The third-order valence-corrected chi connectivity index (χ3v) is 2.55. The quantitative estimate of drug-likeness (QED) is 0.490. The molecule has 1 heteroatoms. The second-order valence-corrected chi connectivity index (χ2v) is 3.61. The summed E-state index contributed by atoms with van der Waals surface area (Å²) in [5, 5.41) is 3.32. The highest BCUT2D eigenvalue weighted by molar-refractivity contribution is 4.90. The second kappa shape index (κ2) is 6.24. The van der Waals surface area contributed by atoms with Gasteiger partial charge in [-0.1, -0.05) is 31.9 Å². The van der Waals surface area contributed by atoms with Gasteiger partial charge in [-0.05, 0) is 38.3 Å². The van der Waals surface area contributed by atoms with E-state index in [4.69, 9.17) is 0 Å². The summed E-state index contributed by atoms with van der Waals surface area (Å²) >= 11 is 0. The number of nitrogens with one attached hydrogen (secondary N) is 1. The van der Waals surface area contributed by atoms with Crippen molar-refractivity contribution in [1.29, 1.82) is 0 Å². The maximum absolute atomic E-state index is 3.32. The first-order valence-corrected chi connectivity index (χ1v) is 5.31. The van der Waals surface area contributed by atoms with Crippen molar-refractivity contribution in [2.45, 2.75) is 39.0 Å². The van der Waals surface area contributed by atoms with Gasteiger partial charge < -0.3 is 5.32 Å². The molecule has 70 valence electrons. The van der Waals surface area contributed by atoms with Crippen LogP contribution >= 0.6 is 0 Å². The van der Waals surface area contributed by atoms with Gasteiger partial charge in [0.2, 0.25) is 0 Å². The van der Waals surface area contributed by atoms with Crippen molar-refractivity contribution in [3.8, 4) is 0 Å². The summed E-state index contributed by atoms with van der Waals surface area (Å²) < 4.78 is 0. The molecule has 1 nitrogen and oxygen atoms in total. The normalized spacial score (nSPS) is 19.4. The molecule has 0 unspecified atom stereocenters. The van der Waals surface area contributed by atoms with Crippen molar-refractivity contribution in [3.63, 3.8) is 0 Å². The molecule has 0 amide bonds. The van der Waals surface area contributed by atoms with E-state index >= 15 is 0 Å². The van der Waals surface area contributed by atoms with Crippen molar-refractivity contribution in [2.24, 2.45) is 5.92 Å². The maximum atomic E-state index is 3.32. The highest BCUT2D eigenvalue weighted by Crippen LogP contribution is 2.25. The second-order valence-electron chi connectivity index (χ2n) is 3.61. The van der Waals surface area contributed by atoms with Crippen LogP contribution in [0.5, 0.6) is 0 Å². The molecule has 1 fully saturated rings. The fourth-order valence-corrected chi connectivity index (χ4v) is 1.80. The van der Waals surface area contributed by atoms with Crippen LogP contribution in [-0.2, 0) is 0 Å². The number of hydrogen-bond acceptors (Lipinski definition) is 1. The minimum absolute atomic E-state index is 0.909. The van der Waals surface area contributed by atoms with Gasteiger partial charge in [0.05, 0.1) is 0 Å². The fraction of sp³-hybridized carbons (Fsp3) is 0.818. The Morgan fingerprint density at radius 3 is 2.75 bits per heavy atom. The zero-order chi connectivity index (χ0) is 8.65. The summed E-state index contributed by atoms with van der Waals surface area (Å²) in [4.78, 5) is 0. The predicted octanol–water partition coefficient (Wildman–Crippen LogP) is 2.73. The van der Waals surface area contributed by atoms with E-state index in [0.717, 1.165) is 19.0 Å².